The number of urea groups is 1. The second-order valence-corrected chi connectivity index (χ2v) is 4.78. The van der Waals surface area contributed by atoms with Crippen molar-refractivity contribution in [2.24, 2.45) is 0 Å². The molecule has 0 radical (unpaired) electrons. The number of benzene rings is 2. The zero-order chi connectivity index (χ0) is 14.5. The Morgan fingerprint density at radius 1 is 1.00 bits per heavy atom. The van der Waals surface area contributed by atoms with Gasteiger partial charge in [-0.05, 0) is 44.0 Å². The van der Waals surface area contributed by atoms with Gasteiger partial charge in [-0.3, -0.25) is 4.90 Å². The zero-order valence-corrected chi connectivity index (χ0v) is 12.2. The summed E-state index contributed by atoms with van der Waals surface area (Å²) in [5, 5.41) is 2.97. The van der Waals surface area contributed by atoms with Gasteiger partial charge in [-0.2, -0.15) is 0 Å². The predicted molar refractivity (Wildman–Crippen MR) is 84.4 cm³/mol. The van der Waals surface area contributed by atoms with Gasteiger partial charge in [-0.25, -0.2) is 4.79 Å². The quantitative estimate of drug-likeness (QED) is 0.881. The van der Waals surface area contributed by atoms with Crippen LogP contribution in [0.4, 0.5) is 16.2 Å². The molecule has 2 amide bonds. The Kier molecular flexibility index (Phi) is 4.41. The topological polar surface area (TPSA) is 32.3 Å². The lowest BCUT2D eigenvalue weighted by atomic mass is 10.2. The van der Waals surface area contributed by atoms with Crippen molar-refractivity contribution in [3.63, 3.8) is 0 Å². The molecular weight excluding hydrogens is 248 g/mol. The number of para-hydroxylation sites is 2. The maximum atomic E-state index is 12.5. The van der Waals surface area contributed by atoms with E-state index < -0.39 is 0 Å². The summed E-state index contributed by atoms with van der Waals surface area (Å²) in [6.45, 7) is 6.60. The van der Waals surface area contributed by atoms with E-state index in [1.54, 1.807) is 4.90 Å². The van der Waals surface area contributed by atoms with Crippen LogP contribution in [0.5, 0.6) is 0 Å². The second-order valence-electron chi connectivity index (χ2n) is 4.78. The van der Waals surface area contributed by atoms with Crippen molar-refractivity contribution in [3.8, 4) is 0 Å². The van der Waals surface area contributed by atoms with Crippen LogP contribution in [0.3, 0.4) is 0 Å². The first-order valence-corrected chi connectivity index (χ1v) is 6.83. The van der Waals surface area contributed by atoms with Crippen LogP contribution < -0.4 is 10.2 Å². The Morgan fingerprint density at radius 2 is 1.60 bits per heavy atom. The molecule has 0 aliphatic carbocycles. The summed E-state index contributed by atoms with van der Waals surface area (Å²) >= 11 is 0. The molecule has 0 aromatic heterocycles. The third-order valence-electron chi connectivity index (χ3n) is 3.35. The summed E-state index contributed by atoms with van der Waals surface area (Å²) in [6.07, 6.45) is 0. The molecular formula is C17H20N2O. The summed E-state index contributed by atoms with van der Waals surface area (Å²) in [7, 11) is 0. The molecule has 1 N–H and O–H groups in total. The van der Waals surface area contributed by atoms with E-state index in [2.05, 4.69) is 5.32 Å². The third-order valence-corrected chi connectivity index (χ3v) is 3.35. The lowest BCUT2D eigenvalue weighted by molar-refractivity contribution is 0.257. The van der Waals surface area contributed by atoms with Gasteiger partial charge >= 0.3 is 6.03 Å². The van der Waals surface area contributed by atoms with Gasteiger partial charge in [0.2, 0.25) is 0 Å². The lowest BCUT2D eigenvalue weighted by Crippen LogP contribution is -2.35. The normalized spacial score (nSPS) is 10.2. The highest BCUT2D eigenvalue weighted by molar-refractivity contribution is 6.02. The molecule has 0 aliphatic heterocycles. The van der Waals surface area contributed by atoms with Crippen LogP contribution in [0.1, 0.15) is 18.1 Å². The van der Waals surface area contributed by atoms with Crippen molar-refractivity contribution in [1.82, 2.24) is 0 Å². The summed E-state index contributed by atoms with van der Waals surface area (Å²) in [6, 6.07) is 15.6. The molecule has 2 aromatic carbocycles. The average Bonchev–Trinajstić information content (AvgIpc) is 2.44. The van der Waals surface area contributed by atoms with Gasteiger partial charge < -0.3 is 5.32 Å². The minimum atomic E-state index is -0.101. The minimum absolute atomic E-state index is 0.101. The molecule has 0 unspecified atom stereocenters. The number of rotatable bonds is 3. The molecule has 2 aromatic rings. The fraction of sp³-hybridized carbons (Fsp3) is 0.235. The SMILES string of the molecule is CCN(C(=O)Nc1ccccc1C)c1ccccc1C. The van der Waals surface area contributed by atoms with E-state index >= 15 is 0 Å². The van der Waals surface area contributed by atoms with Gasteiger partial charge in [-0.1, -0.05) is 36.4 Å². The summed E-state index contributed by atoms with van der Waals surface area (Å²) in [5.41, 5.74) is 3.95. The van der Waals surface area contributed by atoms with Crippen molar-refractivity contribution in [1.29, 1.82) is 0 Å². The highest BCUT2D eigenvalue weighted by Gasteiger charge is 2.15. The van der Waals surface area contributed by atoms with Crippen LogP contribution in [-0.2, 0) is 0 Å². The van der Waals surface area contributed by atoms with Gasteiger partial charge in [0.25, 0.3) is 0 Å². The zero-order valence-electron chi connectivity index (χ0n) is 12.2. The smallest absolute Gasteiger partial charge is 0.307 e. The summed E-state index contributed by atoms with van der Waals surface area (Å²) < 4.78 is 0. The number of aryl methyl sites for hydroxylation is 2. The third kappa shape index (κ3) is 2.99. The van der Waals surface area contributed by atoms with Crippen molar-refractivity contribution in [2.75, 3.05) is 16.8 Å². The average molecular weight is 268 g/mol. The molecule has 3 nitrogen and oxygen atoms in total. The molecule has 0 spiro atoms. The molecule has 0 fully saturated rings. The Balaban J connectivity index is 2.23. The van der Waals surface area contributed by atoms with Gasteiger partial charge in [0.15, 0.2) is 0 Å². The fourth-order valence-electron chi connectivity index (χ4n) is 2.19. The monoisotopic (exact) mass is 268 g/mol. The number of carbonyl (C=O) groups excluding carboxylic acids is 1. The summed E-state index contributed by atoms with van der Waals surface area (Å²) in [5.74, 6) is 0. The molecule has 0 bridgehead atoms. The van der Waals surface area contributed by atoms with E-state index in [0.29, 0.717) is 6.54 Å². The largest absolute Gasteiger partial charge is 0.326 e. The van der Waals surface area contributed by atoms with E-state index in [4.69, 9.17) is 0 Å². The van der Waals surface area contributed by atoms with Crippen LogP contribution in [0, 0.1) is 13.8 Å². The number of amides is 2. The van der Waals surface area contributed by atoms with E-state index in [-0.39, 0.29) is 6.03 Å². The van der Waals surface area contributed by atoms with Gasteiger partial charge in [0.05, 0.1) is 0 Å². The Bertz CT molecular complexity index is 607. The molecule has 0 aliphatic rings. The minimum Gasteiger partial charge on any atom is -0.307 e. The van der Waals surface area contributed by atoms with Gasteiger partial charge in [0, 0.05) is 17.9 Å². The molecule has 3 heteroatoms. The molecule has 2 rings (SSSR count). The molecule has 0 heterocycles. The van der Waals surface area contributed by atoms with Gasteiger partial charge in [0.1, 0.15) is 0 Å². The fourth-order valence-corrected chi connectivity index (χ4v) is 2.19. The van der Waals surface area contributed by atoms with Crippen molar-refractivity contribution in [2.45, 2.75) is 20.8 Å². The van der Waals surface area contributed by atoms with E-state index in [0.717, 1.165) is 22.5 Å². The Morgan fingerprint density at radius 3 is 2.20 bits per heavy atom. The maximum absolute atomic E-state index is 12.5. The van der Waals surface area contributed by atoms with Crippen LogP contribution in [-0.4, -0.2) is 12.6 Å². The number of anilines is 2. The van der Waals surface area contributed by atoms with Crippen molar-refractivity contribution in [3.05, 3.63) is 59.7 Å². The van der Waals surface area contributed by atoms with Crippen LogP contribution in [0.2, 0.25) is 0 Å². The van der Waals surface area contributed by atoms with Crippen LogP contribution in [0.15, 0.2) is 48.5 Å². The lowest BCUT2D eigenvalue weighted by Gasteiger charge is -2.23. The van der Waals surface area contributed by atoms with E-state index in [1.165, 1.54) is 0 Å². The number of carbonyl (C=O) groups is 1. The van der Waals surface area contributed by atoms with Crippen LogP contribution in [0.25, 0.3) is 0 Å². The van der Waals surface area contributed by atoms with E-state index in [1.807, 2.05) is 69.3 Å². The molecule has 104 valence electrons. The highest BCUT2D eigenvalue weighted by atomic mass is 16.2. The number of nitrogens with zero attached hydrogens (tertiary/aromatic N) is 1. The number of nitrogens with one attached hydrogen (secondary N) is 1. The van der Waals surface area contributed by atoms with Crippen molar-refractivity contribution >= 4 is 17.4 Å². The first kappa shape index (κ1) is 14.1. The number of hydrogen-bond donors (Lipinski definition) is 1. The molecule has 0 saturated carbocycles. The Labute approximate surface area is 120 Å². The Hall–Kier alpha value is -2.29. The summed E-state index contributed by atoms with van der Waals surface area (Å²) in [4.78, 5) is 14.2. The van der Waals surface area contributed by atoms with Crippen molar-refractivity contribution < 1.29 is 4.79 Å². The first-order chi connectivity index (χ1) is 9.63. The van der Waals surface area contributed by atoms with Crippen LogP contribution >= 0.6 is 0 Å². The maximum Gasteiger partial charge on any atom is 0.326 e. The highest BCUT2D eigenvalue weighted by Crippen LogP contribution is 2.21. The second kappa shape index (κ2) is 6.24. The number of hydrogen-bond acceptors (Lipinski definition) is 1. The van der Waals surface area contributed by atoms with E-state index in [9.17, 15) is 4.79 Å². The molecule has 0 atom stereocenters. The first-order valence-electron chi connectivity index (χ1n) is 6.83. The molecule has 0 saturated heterocycles. The van der Waals surface area contributed by atoms with Gasteiger partial charge in [-0.15, -0.1) is 0 Å². The predicted octanol–water partition coefficient (Wildman–Crippen LogP) is 4.36. The standard InChI is InChI=1S/C17H20N2O/c1-4-19(16-12-8-6-10-14(16)3)17(20)18-15-11-7-5-9-13(15)2/h5-12H,4H2,1-3H3,(H,18,20). The molecule has 20 heavy (non-hydrogen) atoms.